The predicted molar refractivity (Wildman–Crippen MR) is 166 cm³/mol. The molecule has 5 aromatic rings. The molecule has 234 valence electrons. The van der Waals surface area contributed by atoms with Gasteiger partial charge in [-0.15, -0.1) is 10.2 Å². The van der Waals surface area contributed by atoms with Crippen LogP contribution in [0.3, 0.4) is 0 Å². The van der Waals surface area contributed by atoms with Crippen LogP contribution >= 0.6 is 0 Å². The maximum atomic E-state index is 13.0. The summed E-state index contributed by atoms with van der Waals surface area (Å²) in [6.45, 7) is -1.13. The molecule has 0 aliphatic carbocycles. The first kappa shape index (κ1) is 31.9. The number of hydrogen-bond donors (Lipinski definition) is 5. The fraction of sp³-hybridized carbons (Fsp3) is 0.0714. The number of nitrogens with zero attached hydrogens (tertiary/aromatic N) is 2. The van der Waals surface area contributed by atoms with Crippen LogP contribution in [-0.2, 0) is 34.7 Å². The zero-order valence-corrected chi connectivity index (χ0v) is 25.3. The van der Waals surface area contributed by atoms with Gasteiger partial charge < -0.3 is 10.4 Å². The van der Waals surface area contributed by atoms with Crippen molar-refractivity contribution in [1.82, 2.24) is 4.72 Å². The first-order valence-electron chi connectivity index (χ1n) is 12.9. The molecular weight excluding hydrogens is 649 g/mol. The molecule has 0 aromatic heterocycles. The monoisotopic (exact) mass is 672 g/mol. The predicted octanol–water partition coefficient (Wildman–Crippen LogP) is 5.20. The van der Waals surface area contributed by atoms with Gasteiger partial charge >= 0.3 is 10.4 Å². The van der Waals surface area contributed by atoms with Gasteiger partial charge in [0, 0.05) is 34.1 Å². The van der Waals surface area contributed by atoms with E-state index >= 15 is 0 Å². The van der Waals surface area contributed by atoms with Crippen molar-refractivity contribution in [1.29, 1.82) is 0 Å². The molecule has 0 aliphatic rings. The van der Waals surface area contributed by atoms with E-state index in [2.05, 4.69) is 24.5 Å². The van der Waals surface area contributed by atoms with Crippen LogP contribution in [0.25, 0.3) is 21.5 Å². The summed E-state index contributed by atoms with van der Waals surface area (Å²) in [7, 11) is -13.8. The lowest BCUT2D eigenvalue weighted by Crippen LogP contribution is -2.28. The van der Waals surface area contributed by atoms with Crippen LogP contribution in [0, 0.1) is 0 Å². The number of hydrogen-bond acceptors (Lipinski definition) is 11. The van der Waals surface area contributed by atoms with Crippen LogP contribution in [0.4, 0.5) is 22.7 Å². The fourth-order valence-electron chi connectivity index (χ4n) is 4.48. The summed E-state index contributed by atoms with van der Waals surface area (Å²) in [4.78, 5) is -0.894. The van der Waals surface area contributed by atoms with Gasteiger partial charge in [0.25, 0.3) is 10.1 Å². The number of azo groups is 1. The van der Waals surface area contributed by atoms with E-state index in [4.69, 9.17) is 4.55 Å². The van der Waals surface area contributed by atoms with Crippen molar-refractivity contribution < 1.29 is 43.6 Å². The van der Waals surface area contributed by atoms with E-state index in [1.165, 1.54) is 24.3 Å². The van der Waals surface area contributed by atoms with Gasteiger partial charge in [-0.25, -0.2) is 17.3 Å². The van der Waals surface area contributed by atoms with Crippen LogP contribution in [0.5, 0.6) is 5.75 Å². The third-order valence-corrected chi connectivity index (χ3v) is 9.28. The summed E-state index contributed by atoms with van der Waals surface area (Å²) in [6, 6.07) is 23.8. The number of phenols is 1. The minimum atomic E-state index is -4.88. The van der Waals surface area contributed by atoms with Crippen LogP contribution < -0.4 is 10.0 Å². The van der Waals surface area contributed by atoms with Crippen molar-refractivity contribution in [3.63, 3.8) is 0 Å². The molecule has 5 N–H and O–H groups in total. The summed E-state index contributed by atoms with van der Waals surface area (Å²) in [5.41, 5.74) is 0.903. The zero-order chi connectivity index (χ0) is 32.4. The Balaban J connectivity index is 1.54. The third kappa shape index (κ3) is 7.43. The number of aromatic hydroxyl groups is 1. The Labute approximate surface area is 257 Å². The van der Waals surface area contributed by atoms with Gasteiger partial charge in [-0.2, -0.15) is 16.8 Å². The lowest BCUT2D eigenvalue weighted by molar-refractivity contribution is 0.272. The highest BCUT2D eigenvalue weighted by atomic mass is 32.3. The zero-order valence-electron chi connectivity index (χ0n) is 22.9. The Morgan fingerprint density at radius 3 is 2.07 bits per heavy atom. The second-order valence-electron chi connectivity index (χ2n) is 9.45. The van der Waals surface area contributed by atoms with Gasteiger partial charge in [0.2, 0.25) is 10.0 Å². The number of benzene rings is 5. The number of fused-ring (bicyclic) bond motifs is 2. The number of phenolic OH excluding ortho intramolecular Hbond substituents is 1. The molecular formula is C28H24N4O10S3. The third-order valence-electron chi connectivity index (χ3n) is 6.43. The van der Waals surface area contributed by atoms with Gasteiger partial charge in [0.1, 0.15) is 10.6 Å². The van der Waals surface area contributed by atoms with Crippen molar-refractivity contribution in [3.05, 3.63) is 91.0 Å². The van der Waals surface area contributed by atoms with Crippen LogP contribution in [0.15, 0.2) is 111 Å². The van der Waals surface area contributed by atoms with Gasteiger partial charge in [-0.05, 0) is 47.9 Å². The minimum Gasteiger partial charge on any atom is -0.505 e. The molecule has 0 saturated heterocycles. The maximum Gasteiger partial charge on any atom is 0.397 e. The van der Waals surface area contributed by atoms with Gasteiger partial charge in [-0.1, -0.05) is 48.5 Å². The second-order valence-corrected chi connectivity index (χ2v) is 13.7. The van der Waals surface area contributed by atoms with Crippen LogP contribution in [0.1, 0.15) is 0 Å². The topological polar surface area (TPSA) is 221 Å². The molecule has 0 unspecified atom stereocenters. The Bertz CT molecular complexity index is 2280. The molecule has 0 amide bonds. The average Bonchev–Trinajstić information content (AvgIpc) is 2.98. The first-order valence-corrected chi connectivity index (χ1v) is 17.2. The summed E-state index contributed by atoms with van der Waals surface area (Å²) in [6.07, 6.45) is 0. The van der Waals surface area contributed by atoms with Gasteiger partial charge in [0.05, 0.1) is 17.2 Å². The quantitative estimate of drug-likeness (QED) is 0.0697. The number of para-hydroxylation sites is 1. The maximum absolute atomic E-state index is 13.0. The van der Waals surface area contributed by atoms with Crippen molar-refractivity contribution in [3.8, 4) is 5.75 Å². The Hall–Kier alpha value is -4.49. The fourth-order valence-corrected chi connectivity index (χ4v) is 6.66. The van der Waals surface area contributed by atoms with Crippen molar-refractivity contribution in [2.24, 2.45) is 10.2 Å². The highest BCUT2D eigenvalue weighted by molar-refractivity contribution is 7.89. The van der Waals surface area contributed by atoms with Gasteiger partial charge in [-0.3, -0.25) is 9.11 Å². The molecule has 0 radical (unpaired) electrons. The van der Waals surface area contributed by atoms with Crippen molar-refractivity contribution in [2.45, 2.75) is 9.79 Å². The highest BCUT2D eigenvalue weighted by Gasteiger charge is 2.23. The molecule has 45 heavy (non-hydrogen) atoms. The lowest BCUT2D eigenvalue weighted by Gasteiger charge is -2.12. The molecule has 0 saturated carbocycles. The molecule has 5 rings (SSSR count). The Kier molecular flexibility index (Phi) is 8.86. The molecule has 14 nitrogen and oxygen atoms in total. The summed E-state index contributed by atoms with van der Waals surface area (Å²) in [5, 5.41) is 23.4. The number of anilines is 2. The smallest absolute Gasteiger partial charge is 0.397 e. The molecule has 0 heterocycles. The van der Waals surface area contributed by atoms with E-state index < -0.39 is 60.0 Å². The van der Waals surface area contributed by atoms with E-state index in [1.807, 2.05) is 30.3 Å². The van der Waals surface area contributed by atoms with E-state index in [1.54, 1.807) is 30.3 Å². The second kappa shape index (κ2) is 12.5. The van der Waals surface area contributed by atoms with E-state index in [0.717, 1.165) is 11.8 Å². The molecule has 0 atom stereocenters. The van der Waals surface area contributed by atoms with E-state index in [-0.39, 0.29) is 26.7 Å². The largest absolute Gasteiger partial charge is 0.505 e. The summed E-state index contributed by atoms with van der Waals surface area (Å²) >= 11 is 0. The minimum absolute atomic E-state index is 0.0968. The SMILES string of the molecule is O=S(=O)(O)OCCNS(=O)(=O)c1ccc(N=Nc2c(S(=O)(=O)O)cc3ccc(Nc4ccccc4)cc3c2O)c2ccccc12. The first-order chi connectivity index (χ1) is 21.2. The van der Waals surface area contributed by atoms with Gasteiger partial charge in [0.15, 0.2) is 5.75 Å². The Morgan fingerprint density at radius 1 is 0.689 bits per heavy atom. The van der Waals surface area contributed by atoms with Crippen LogP contribution in [-0.4, -0.2) is 52.6 Å². The highest BCUT2D eigenvalue weighted by Crippen LogP contribution is 2.43. The molecule has 0 fully saturated rings. The number of sulfonamides is 1. The number of rotatable bonds is 11. The lowest BCUT2D eigenvalue weighted by atomic mass is 10.1. The number of nitrogens with one attached hydrogen (secondary N) is 2. The Morgan fingerprint density at radius 2 is 1.38 bits per heavy atom. The normalized spacial score (nSPS) is 12.7. The van der Waals surface area contributed by atoms with Crippen LogP contribution in [0.2, 0.25) is 0 Å². The van der Waals surface area contributed by atoms with Crippen molar-refractivity contribution >= 4 is 74.8 Å². The molecule has 5 aromatic carbocycles. The average molecular weight is 673 g/mol. The molecule has 0 bridgehead atoms. The van der Waals surface area contributed by atoms with E-state index in [9.17, 15) is 34.9 Å². The summed E-state index contributed by atoms with van der Waals surface area (Å²) in [5.74, 6) is -0.569. The standard InChI is InChI=1S/C28H24N4O10S3/c33-28-23-17-20(30-19-6-2-1-3-7-19)11-10-18(23)16-26(44(36,37)38)27(28)32-31-24-12-13-25(22-9-5-4-8-21(22)24)43(34,35)29-14-15-42-45(39,40)41/h1-13,16-17,29-30,33H,14-15H2,(H,36,37,38)(H,39,40,41). The van der Waals surface area contributed by atoms with Crippen molar-refractivity contribution in [2.75, 3.05) is 18.5 Å². The van der Waals surface area contributed by atoms with E-state index in [0.29, 0.717) is 11.1 Å². The molecule has 0 spiro atoms. The summed E-state index contributed by atoms with van der Waals surface area (Å²) < 4.78 is 96.9. The molecule has 17 heteroatoms. The molecule has 0 aliphatic heterocycles.